The number of nitrogens with one attached hydrogen (secondary N) is 1. The lowest BCUT2D eigenvalue weighted by Gasteiger charge is -2.39. The number of hydrogen-bond acceptors (Lipinski definition) is 4. The summed E-state index contributed by atoms with van der Waals surface area (Å²) < 4.78 is 13.4. The molecule has 0 spiro atoms. The summed E-state index contributed by atoms with van der Waals surface area (Å²) in [5, 5.41) is 7.67. The third-order valence-corrected chi connectivity index (χ3v) is 5.18. The second-order valence-electron chi connectivity index (χ2n) is 7.89. The number of aryl methyl sites for hydroxylation is 1. The second-order valence-corrected chi connectivity index (χ2v) is 7.89. The number of rotatable bonds is 2. The molecule has 0 saturated carbocycles. The standard InChI is InChI=1S/C20H26N4O3/c1-13-9-14-12-23(7-8-24(14)22-13)19(25)21-17-11-20(2,3)27-18-6-5-15(26-4)10-16(17)18/h5-6,9-10,17H,7-8,11-12H2,1-4H3,(H,21,25). The number of aromatic nitrogens is 2. The molecular weight excluding hydrogens is 344 g/mol. The molecule has 1 N–H and O–H groups in total. The zero-order valence-corrected chi connectivity index (χ0v) is 16.3. The average Bonchev–Trinajstić information content (AvgIpc) is 2.99. The fourth-order valence-electron chi connectivity index (χ4n) is 3.91. The van der Waals surface area contributed by atoms with E-state index in [1.165, 1.54) is 0 Å². The van der Waals surface area contributed by atoms with E-state index in [1.807, 2.05) is 54.6 Å². The van der Waals surface area contributed by atoms with Crippen molar-refractivity contribution in [3.05, 3.63) is 41.2 Å². The van der Waals surface area contributed by atoms with Gasteiger partial charge in [-0.2, -0.15) is 5.10 Å². The Morgan fingerprint density at radius 3 is 2.93 bits per heavy atom. The number of fused-ring (bicyclic) bond motifs is 2. The first kappa shape index (κ1) is 17.7. The van der Waals surface area contributed by atoms with Crippen LogP contribution in [0, 0.1) is 6.92 Å². The number of carbonyl (C=O) groups excluding carboxylic acids is 1. The molecule has 0 saturated heterocycles. The van der Waals surface area contributed by atoms with Crippen LogP contribution in [-0.4, -0.2) is 40.0 Å². The van der Waals surface area contributed by atoms with E-state index in [9.17, 15) is 4.79 Å². The van der Waals surface area contributed by atoms with Gasteiger partial charge in [0.05, 0.1) is 37.6 Å². The number of ether oxygens (including phenoxy) is 2. The Morgan fingerprint density at radius 2 is 2.15 bits per heavy atom. The van der Waals surface area contributed by atoms with Crippen molar-refractivity contribution in [1.29, 1.82) is 0 Å². The van der Waals surface area contributed by atoms with Crippen LogP contribution in [0.3, 0.4) is 0 Å². The number of methoxy groups -OCH3 is 1. The molecule has 4 rings (SSSR count). The van der Waals surface area contributed by atoms with Crippen molar-refractivity contribution in [2.75, 3.05) is 13.7 Å². The maximum Gasteiger partial charge on any atom is 0.318 e. The van der Waals surface area contributed by atoms with E-state index in [4.69, 9.17) is 9.47 Å². The van der Waals surface area contributed by atoms with Gasteiger partial charge in [-0.3, -0.25) is 4.68 Å². The lowest BCUT2D eigenvalue weighted by atomic mass is 9.89. The van der Waals surface area contributed by atoms with Crippen LogP contribution in [0.1, 0.15) is 43.3 Å². The fourth-order valence-corrected chi connectivity index (χ4v) is 3.91. The monoisotopic (exact) mass is 370 g/mol. The quantitative estimate of drug-likeness (QED) is 0.882. The molecule has 2 aliphatic heterocycles. The Hall–Kier alpha value is -2.70. The van der Waals surface area contributed by atoms with Gasteiger partial charge in [0.1, 0.15) is 17.1 Å². The number of urea groups is 1. The first-order valence-electron chi connectivity index (χ1n) is 9.30. The largest absolute Gasteiger partial charge is 0.497 e. The molecule has 7 heteroatoms. The molecule has 2 aliphatic rings. The van der Waals surface area contributed by atoms with Crippen LogP contribution in [-0.2, 0) is 13.1 Å². The van der Waals surface area contributed by atoms with Gasteiger partial charge in [-0.25, -0.2) is 4.79 Å². The molecule has 2 amide bonds. The molecule has 1 aromatic carbocycles. The van der Waals surface area contributed by atoms with Gasteiger partial charge in [0.15, 0.2) is 0 Å². The van der Waals surface area contributed by atoms with Gasteiger partial charge in [0.2, 0.25) is 0 Å². The third-order valence-electron chi connectivity index (χ3n) is 5.18. The van der Waals surface area contributed by atoms with Crippen LogP contribution in [0.5, 0.6) is 11.5 Å². The Labute approximate surface area is 159 Å². The predicted octanol–water partition coefficient (Wildman–Crippen LogP) is 3.03. The number of carbonyl (C=O) groups is 1. The number of amides is 2. The van der Waals surface area contributed by atoms with Gasteiger partial charge in [-0.15, -0.1) is 0 Å². The smallest absolute Gasteiger partial charge is 0.318 e. The van der Waals surface area contributed by atoms with E-state index in [2.05, 4.69) is 10.4 Å². The molecule has 2 aromatic rings. The molecule has 0 bridgehead atoms. The molecule has 0 aliphatic carbocycles. The minimum absolute atomic E-state index is 0.0587. The maximum atomic E-state index is 13.0. The first-order chi connectivity index (χ1) is 12.8. The molecule has 1 atom stereocenters. The average molecular weight is 370 g/mol. The van der Waals surface area contributed by atoms with E-state index in [0.29, 0.717) is 19.5 Å². The number of nitrogens with zero attached hydrogens (tertiary/aromatic N) is 3. The van der Waals surface area contributed by atoms with E-state index in [1.54, 1.807) is 7.11 Å². The highest BCUT2D eigenvalue weighted by molar-refractivity contribution is 5.75. The van der Waals surface area contributed by atoms with Crippen molar-refractivity contribution in [1.82, 2.24) is 20.0 Å². The van der Waals surface area contributed by atoms with Crippen LogP contribution in [0.25, 0.3) is 0 Å². The molecular formula is C20H26N4O3. The second kappa shape index (κ2) is 6.48. The van der Waals surface area contributed by atoms with Crippen LogP contribution >= 0.6 is 0 Å². The lowest BCUT2D eigenvalue weighted by Crippen LogP contribution is -2.48. The normalized spacial score (nSPS) is 20.3. The Balaban J connectivity index is 1.54. The van der Waals surface area contributed by atoms with Crippen molar-refractivity contribution >= 4 is 6.03 Å². The molecule has 1 aromatic heterocycles. The van der Waals surface area contributed by atoms with Gasteiger partial charge in [0, 0.05) is 18.5 Å². The van der Waals surface area contributed by atoms with Gasteiger partial charge in [-0.05, 0) is 45.0 Å². The zero-order chi connectivity index (χ0) is 19.2. The van der Waals surface area contributed by atoms with E-state index in [0.717, 1.165) is 35.0 Å². The van der Waals surface area contributed by atoms with Crippen molar-refractivity contribution < 1.29 is 14.3 Å². The molecule has 27 heavy (non-hydrogen) atoms. The first-order valence-corrected chi connectivity index (χ1v) is 9.30. The minimum atomic E-state index is -0.350. The summed E-state index contributed by atoms with van der Waals surface area (Å²) in [5.74, 6) is 1.55. The zero-order valence-electron chi connectivity index (χ0n) is 16.3. The molecule has 0 fully saturated rings. The molecule has 144 valence electrons. The summed E-state index contributed by atoms with van der Waals surface area (Å²) >= 11 is 0. The Kier molecular flexibility index (Phi) is 4.25. The van der Waals surface area contributed by atoms with E-state index < -0.39 is 0 Å². The van der Waals surface area contributed by atoms with Crippen LogP contribution in [0.4, 0.5) is 4.79 Å². The van der Waals surface area contributed by atoms with E-state index >= 15 is 0 Å². The third kappa shape index (κ3) is 3.46. The van der Waals surface area contributed by atoms with Crippen molar-refractivity contribution in [3.8, 4) is 11.5 Å². The molecule has 1 unspecified atom stereocenters. The fraction of sp³-hybridized carbons (Fsp3) is 0.500. The lowest BCUT2D eigenvalue weighted by molar-refractivity contribution is 0.0658. The highest BCUT2D eigenvalue weighted by atomic mass is 16.5. The molecule has 0 radical (unpaired) electrons. The van der Waals surface area contributed by atoms with E-state index in [-0.39, 0.29) is 17.7 Å². The van der Waals surface area contributed by atoms with Crippen LogP contribution in [0.2, 0.25) is 0 Å². The summed E-state index contributed by atoms with van der Waals surface area (Å²) in [7, 11) is 1.64. The highest BCUT2D eigenvalue weighted by Crippen LogP contribution is 2.41. The molecule has 3 heterocycles. The van der Waals surface area contributed by atoms with Crippen molar-refractivity contribution in [2.24, 2.45) is 0 Å². The van der Waals surface area contributed by atoms with Crippen LogP contribution < -0.4 is 14.8 Å². The number of benzene rings is 1. The van der Waals surface area contributed by atoms with Gasteiger partial charge >= 0.3 is 6.03 Å². The summed E-state index contributed by atoms with van der Waals surface area (Å²) in [5.41, 5.74) is 2.67. The maximum absolute atomic E-state index is 13.0. The summed E-state index contributed by atoms with van der Waals surface area (Å²) in [4.78, 5) is 14.8. The minimum Gasteiger partial charge on any atom is -0.497 e. The van der Waals surface area contributed by atoms with Crippen molar-refractivity contribution in [3.63, 3.8) is 0 Å². The van der Waals surface area contributed by atoms with Crippen LogP contribution in [0.15, 0.2) is 24.3 Å². The number of hydrogen-bond donors (Lipinski definition) is 1. The predicted molar refractivity (Wildman–Crippen MR) is 101 cm³/mol. The van der Waals surface area contributed by atoms with Gasteiger partial charge in [-0.1, -0.05) is 0 Å². The summed E-state index contributed by atoms with van der Waals surface area (Å²) in [6.45, 7) is 8.01. The topological polar surface area (TPSA) is 68.6 Å². The van der Waals surface area contributed by atoms with Gasteiger partial charge < -0.3 is 19.7 Å². The summed E-state index contributed by atoms with van der Waals surface area (Å²) in [6, 6.07) is 7.60. The van der Waals surface area contributed by atoms with Crippen molar-refractivity contribution in [2.45, 2.75) is 51.9 Å². The SMILES string of the molecule is COc1ccc2c(c1)C(NC(=O)N1CCn3nc(C)cc3C1)CC(C)(C)O2. The molecule has 7 nitrogen and oxygen atoms in total. The summed E-state index contributed by atoms with van der Waals surface area (Å²) in [6.07, 6.45) is 0.698. The highest BCUT2D eigenvalue weighted by Gasteiger charge is 2.36. The Morgan fingerprint density at radius 1 is 1.33 bits per heavy atom. The van der Waals surface area contributed by atoms with Gasteiger partial charge in [0.25, 0.3) is 0 Å². The Bertz CT molecular complexity index is 874.